The fraction of sp³-hybridized carbons (Fsp3) is 0.654. The van der Waals surface area contributed by atoms with Crippen molar-refractivity contribution >= 4 is 5.84 Å². The molecule has 0 N–H and O–H groups in total. The number of amidine groups is 1. The first-order valence-electron chi connectivity index (χ1n) is 12.0. The van der Waals surface area contributed by atoms with Crippen molar-refractivity contribution in [3.63, 3.8) is 0 Å². The van der Waals surface area contributed by atoms with Gasteiger partial charge in [0, 0.05) is 26.1 Å². The maximum absolute atomic E-state index is 5.29. The Morgan fingerprint density at radius 1 is 1.14 bits per heavy atom. The zero-order valence-electron chi connectivity index (χ0n) is 19.1. The number of hydrogen-bond donors (Lipinski definition) is 0. The normalized spacial score (nSPS) is 21.6. The number of rotatable bonds is 7. The Bertz CT molecular complexity index is 695. The van der Waals surface area contributed by atoms with Gasteiger partial charge < -0.3 is 9.80 Å². The topological polar surface area (TPSA) is 18.8 Å². The Kier molecular flexibility index (Phi) is 8.20. The molecule has 2 aliphatic heterocycles. The number of nitrogens with zero attached hydrogens (tertiary/aromatic N) is 3. The van der Waals surface area contributed by atoms with Gasteiger partial charge in [-0.1, -0.05) is 38.7 Å². The molecule has 1 unspecified atom stereocenters. The second-order valence-corrected chi connectivity index (χ2v) is 8.84. The van der Waals surface area contributed by atoms with E-state index >= 15 is 0 Å². The van der Waals surface area contributed by atoms with Crippen molar-refractivity contribution in [2.24, 2.45) is 4.99 Å². The highest BCUT2D eigenvalue weighted by atomic mass is 15.4. The van der Waals surface area contributed by atoms with Crippen LogP contribution in [0.4, 0.5) is 0 Å². The van der Waals surface area contributed by atoms with E-state index in [0.29, 0.717) is 0 Å². The van der Waals surface area contributed by atoms with Crippen LogP contribution in [0.5, 0.6) is 0 Å². The SMILES string of the molecule is C=C(CC(C)N=C(CCC)N1CCCN2CCCCC(CC)=C21)C1=CC=CCC1. The van der Waals surface area contributed by atoms with Crippen LogP contribution >= 0.6 is 0 Å². The van der Waals surface area contributed by atoms with E-state index in [1.807, 2.05) is 0 Å². The summed E-state index contributed by atoms with van der Waals surface area (Å²) in [5.41, 5.74) is 4.32. The molecule has 0 aromatic rings. The molecule has 3 nitrogen and oxygen atoms in total. The molecule has 0 amide bonds. The summed E-state index contributed by atoms with van der Waals surface area (Å²) in [6, 6.07) is 0.280. The summed E-state index contributed by atoms with van der Waals surface area (Å²) in [7, 11) is 0. The molecule has 3 heteroatoms. The molecule has 1 fully saturated rings. The molecule has 1 saturated heterocycles. The fourth-order valence-electron chi connectivity index (χ4n) is 4.95. The first-order valence-corrected chi connectivity index (χ1v) is 12.0. The van der Waals surface area contributed by atoms with Crippen LogP contribution < -0.4 is 0 Å². The quantitative estimate of drug-likeness (QED) is 0.357. The Balaban J connectivity index is 1.81. The third-order valence-electron chi connectivity index (χ3n) is 6.43. The van der Waals surface area contributed by atoms with Gasteiger partial charge in [-0.3, -0.25) is 4.99 Å². The van der Waals surface area contributed by atoms with Crippen molar-refractivity contribution in [1.29, 1.82) is 0 Å². The summed E-state index contributed by atoms with van der Waals surface area (Å²) >= 11 is 0. The van der Waals surface area contributed by atoms with E-state index in [2.05, 4.69) is 55.4 Å². The smallest absolute Gasteiger partial charge is 0.108 e. The van der Waals surface area contributed by atoms with Crippen LogP contribution in [0, 0.1) is 0 Å². The maximum atomic E-state index is 5.29. The predicted molar refractivity (Wildman–Crippen MR) is 126 cm³/mol. The summed E-state index contributed by atoms with van der Waals surface area (Å²) in [6.07, 6.45) is 18.4. The van der Waals surface area contributed by atoms with Gasteiger partial charge in [0.2, 0.25) is 0 Å². The van der Waals surface area contributed by atoms with Gasteiger partial charge in [-0.15, -0.1) is 0 Å². The molecule has 1 aliphatic carbocycles. The molecule has 160 valence electrons. The van der Waals surface area contributed by atoms with Crippen molar-refractivity contribution in [2.75, 3.05) is 19.6 Å². The molecule has 0 spiro atoms. The Labute approximate surface area is 179 Å². The Morgan fingerprint density at radius 2 is 1.97 bits per heavy atom. The molecule has 0 aromatic heterocycles. The van der Waals surface area contributed by atoms with Crippen molar-refractivity contribution < 1.29 is 0 Å². The lowest BCUT2D eigenvalue weighted by atomic mass is 9.94. The molecule has 1 atom stereocenters. The second-order valence-electron chi connectivity index (χ2n) is 8.84. The van der Waals surface area contributed by atoms with Crippen LogP contribution in [0.25, 0.3) is 0 Å². The van der Waals surface area contributed by atoms with Gasteiger partial charge >= 0.3 is 0 Å². The van der Waals surface area contributed by atoms with E-state index in [9.17, 15) is 0 Å². The van der Waals surface area contributed by atoms with Gasteiger partial charge in [-0.25, -0.2) is 0 Å². The van der Waals surface area contributed by atoms with E-state index in [1.54, 1.807) is 5.57 Å². The highest BCUT2D eigenvalue weighted by Crippen LogP contribution is 2.31. The lowest BCUT2D eigenvalue weighted by molar-refractivity contribution is 0.209. The van der Waals surface area contributed by atoms with Gasteiger partial charge in [0.1, 0.15) is 11.7 Å². The van der Waals surface area contributed by atoms with Crippen LogP contribution in [-0.2, 0) is 0 Å². The van der Waals surface area contributed by atoms with Crippen molar-refractivity contribution in [3.05, 3.63) is 47.3 Å². The minimum Gasteiger partial charge on any atom is -0.358 e. The van der Waals surface area contributed by atoms with E-state index in [1.165, 1.54) is 61.6 Å². The standard InChI is InChI=1S/C26H41N3/c1-5-13-25(27-22(4)20-21(3)24-15-8-7-9-16-24)29-19-12-18-28-17-11-10-14-23(6-2)26(28)29/h7-8,15,22H,3,5-6,9-14,16-20H2,1-2,4H3. The highest BCUT2D eigenvalue weighted by Gasteiger charge is 2.29. The zero-order valence-corrected chi connectivity index (χ0v) is 19.1. The number of fused-ring (bicyclic) bond motifs is 1. The minimum absolute atomic E-state index is 0.280. The third-order valence-corrected chi connectivity index (χ3v) is 6.43. The van der Waals surface area contributed by atoms with Crippen LogP contribution in [0.1, 0.15) is 85.0 Å². The van der Waals surface area contributed by atoms with Crippen molar-refractivity contribution in [3.8, 4) is 0 Å². The summed E-state index contributed by atoms with van der Waals surface area (Å²) < 4.78 is 0. The Morgan fingerprint density at radius 3 is 2.69 bits per heavy atom. The molecule has 0 saturated carbocycles. The lowest BCUT2D eigenvalue weighted by Gasteiger charge is -2.42. The molecule has 3 rings (SSSR count). The molecular formula is C26H41N3. The summed E-state index contributed by atoms with van der Waals surface area (Å²) in [5.74, 6) is 2.81. The zero-order chi connectivity index (χ0) is 20.6. The second kappa shape index (κ2) is 10.8. The number of aliphatic imine (C=N–C) groups is 1. The average molecular weight is 396 g/mol. The van der Waals surface area contributed by atoms with Crippen LogP contribution in [0.15, 0.2) is 52.3 Å². The van der Waals surface area contributed by atoms with Gasteiger partial charge in [0.15, 0.2) is 0 Å². The number of hydrogen-bond acceptors (Lipinski definition) is 2. The van der Waals surface area contributed by atoms with E-state index in [-0.39, 0.29) is 6.04 Å². The van der Waals surface area contributed by atoms with Gasteiger partial charge in [-0.05, 0) is 81.4 Å². The van der Waals surface area contributed by atoms with Crippen molar-refractivity contribution in [2.45, 2.75) is 91.0 Å². The van der Waals surface area contributed by atoms with Gasteiger partial charge in [0.05, 0.1) is 6.04 Å². The van der Waals surface area contributed by atoms with Gasteiger partial charge in [0.25, 0.3) is 0 Å². The van der Waals surface area contributed by atoms with E-state index < -0.39 is 0 Å². The van der Waals surface area contributed by atoms with Crippen LogP contribution in [0.2, 0.25) is 0 Å². The molecule has 0 aromatic carbocycles. The predicted octanol–water partition coefficient (Wildman–Crippen LogP) is 6.61. The minimum atomic E-state index is 0.280. The summed E-state index contributed by atoms with van der Waals surface area (Å²) in [5, 5.41) is 0. The largest absolute Gasteiger partial charge is 0.358 e. The first kappa shape index (κ1) is 21.9. The monoisotopic (exact) mass is 395 g/mol. The highest BCUT2D eigenvalue weighted by molar-refractivity contribution is 5.84. The first-order chi connectivity index (χ1) is 14.1. The Hall–Kier alpha value is -1.77. The number of allylic oxidation sites excluding steroid dienone is 5. The van der Waals surface area contributed by atoms with Crippen LogP contribution in [0.3, 0.4) is 0 Å². The third kappa shape index (κ3) is 5.65. The molecule has 0 radical (unpaired) electrons. The summed E-state index contributed by atoms with van der Waals surface area (Å²) in [6.45, 7) is 14.8. The average Bonchev–Trinajstić information content (AvgIpc) is 2.96. The fourth-order valence-corrected chi connectivity index (χ4v) is 4.95. The molecular weight excluding hydrogens is 354 g/mol. The van der Waals surface area contributed by atoms with Crippen LogP contribution in [-0.4, -0.2) is 41.3 Å². The lowest BCUT2D eigenvalue weighted by Crippen LogP contribution is -2.46. The molecule has 0 bridgehead atoms. The molecule has 3 aliphatic rings. The van der Waals surface area contributed by atoms with Crippen molar-refractivity contribution in [1.82, 2.24) is 9.80 Å². The maximum Gasteiger partial charge on any atom is 0.108 e. The van der Waals surface area contributed by atoms with E-state index in [4.69, 9.17) is 4.99 Å². The molecule has 2 heterocycles. The summed E-state index contributed by atoms with van der Waals surface area (Å²) in [4.78, 5) is 10.5. The molecule has 29 heavy (non-hydrogen) atoms. The van der Waals surface area contributed by atoms with Gasteiger partial charge in [-0.2, -0.15) is 0 Å². The van der Waals surface area contributed by atoms with E-state index in [0.717, 1.165) is 45.1 Å².